The van der Waals surface area contributed by atoms with Crippen LogP contribution < -0.4 is 4.74 Å². The van der Waals surface area contributed by atoms with Gasteiger partial charge in [0.15, 0.2) is 0 Å². The van der Waals surface area contributed by atoms with Gasteiger partial charge in [0.25, 0.3) is 0 Å². The minimum absolute atomic E-state index is 0.717. The maximum atomic E-state index is 9.10. The highest BCUT2D eigenvalue weighted by atomic mass is 35.5. The van der Waals surface area contributed by atoms with Crippen molar-refractivity contribution in [1.29, 1.82) is 0 Å². The van der Waals surface area contributed by atoms with Crippen LogP contribution in [-0.2, 0) is 16.1 Å². The van der Waals surface area contributed by atoms with E-state index < -0.39 is 11.9 Å². The van der Waals surface area contributed by atoms with Gasteiger partial charge in [-0.05, 0) is 62.1 Å². The Kier molecular flexibility index (Phi) is 8.03. The lowest BCUT2D eigenvalue weighted by molar-refractivity contribution is -0.159. The second kappa shape index (κ2) is 10.5. The zero-order valence-electron chi connectivity index (χ0n) is 16.3. The summed E-state index contributed by atoms with van der Waals surface area (Å²) in [4.78, 5) is 22.6. The number of hydrogen-bond donors (Lipinski definition) is 2. The number of unbranched alkanes of at least 4 members (excludes halogenated alkanes) is 1. The molecular weight excluding hydrogens is 396 g/mol. The van der Waals surface area contributed by atoms with Crippen LogP contribution in [0.3, 0.4) is 0 Å². The molecule has 3 rings (SSSR count). The fourth-order valence-corrected chi connectivity index (χ4v) is 2.88. The monoisotopic (exact) mass is 418 g/mol. The van der Waals surface area contributed by atoms with Crippen LogP contribution in [0, 0.1) is 13.8 Å². The van der Waals surface area contributed by atoms with E-state index >= 15 is 0 Å². The molecule has 0 aliphatic carbocycles. The number of hydrogen-bond acceptors (Lipinski definition) is 4. The van der Waals surface area contributed by atoms with E-state index in [4.69, 9.17) is 36.1 Å². The Labute approximate surface area is 173 Å². The smallest absolute Gasteiger partial charge is 0.414 e. The number of carbonyl (C=O) groups is 2. The number of nitrogens with zero attached hydrogens (tertiary/aromatic N) is 2. The first-order valence-electron chi connectivity index (χ1n) is 9.06. The molecule has 154 valence electrons. The van der Waals surface area contributed by atoms with Crippen molar-refractivity contribution in [2.75, 3.05) is 6.61 Å². The van der Waals surface area contributed by atoms with Gasteiger partial charge in [0, 0.05) is 11.6 Å². The molecule has 0 aliphatic heterocycles. The third-order valence-corrected chi connectivity index (χ3v) is 4.84. The molecule has 0 aliphatic rings. The van der Waals surface area contributed by atoms with Gasteiger partial charge in [-0.15, -0.1) is 0 Å². The van der Waals surface area contributed by atoms with E-state index in [1.165, 1.54) is 5.52 Å². The number of imidazole rings is 1. The third-order valence-electron chi connectivity index (χ3n) is 4.43. The van der Waals surface area contributed by atoms with Gasteiger partial charge in [0.05, 0.1) is 24.0 Å². The Morgan fingerprint density at radius 2 is 1.72 bits per heavy atom. The van der Waals surface area contributed by atoms with Crippen molar-refractivity contribution in [2.24, 2.45) is 0 Å². The lowest BCUT2D eigenvalue weighted by Gasteiger charge is -2.12. The molecule has 0 saturated heterocycles. The van der Waals surface area contributed by atoms with Gasteiger partial charge >= 0.3 is 11.9 Å². The van der Waals surface area contributed by atoms with E-state index in [2.05, 4.69) is 21.7 Å². The Hall–Kier alpha value is -3.06. The van der Waals surface area contributed by atoms with Gasteiger partial charge in [0.2, 0.25) is 0 Å². The van der Waals surface area contributed by atoms with Gasteiger partial charge in [0.1, 0.15) is 5.75 Å². The first-order chi connectivity index (χ1) is 13.8. The zero-order chi connectivity index (χ0) is 21.4. The summed E-state index contributed by atoms with van der Waals surface area (Å²) in [6.45, 7) is 5.75. The van der Waals surface area contributed by atoms with E-state index in [1.54, 1.807) is 0 Å². The molecule has 29 heavy (non-hydrogen) atoms. The van der Waals surface area contributed by atoms with Gasteiger partial charge in [-0.25, -0.2) is 14.6 Å². The predicted octanol–water partition coefficient (Wildman–Crippen LogP) is 4.32. The Bertz CT molecular complexity index is 988. The molecule has 7 nitrogen and oxygen atoms in total. The Morgan fingerprint density at radius 1 is 1.03 bits per heavy atom. The molecule has 0 atom stereocenters. The number of para-hydroxylation sites is 2. The third kappa shape index (κ3) is 6.22. The number of aliphatic carboxylic acids is 2. The second-order valence-electron chi connectivity index (χ2n) is 6.39. The number of aromatic nitrogens is 2. The van der Waals surface area contributed by atoms with Crippen LogP contribution >= 0.6 is 11.6 Å². The minimum atomic E-state index is -1.82. The molecular formula is C21H23ClN2O5. The molecule has 8 heteroatoms. The summed E-state index contributed by atoms with van der Waals surface area (Å²) in [7, 11) is 0. The van der Waals surface area contributed by atoms with Crippen LogP contribution in [0.4, 0.5) is 0 Å². The molecule has 0 amide bonds. The summed E-state index contributed by atoms with van der Waals surface area (Å²) < 4.78 is 8.10. The maximum Gasteiger partial charge on any atom is 0.414 e. The predicted molar refractivity (Wildman–Crippen MR) is 111 cm³/mol. The summed E-state index contributed by atoms with van der Waals surface area (Å²) in [6, 6.07) is 12.1. The quantitative estimate of drug-likeness (QED) is 0.456. The van der Waals surface area contributed by atoms with E-state index in [9.17, 15) is 0 Å². The van der Waals surface area contributed by atoms with Crippen molar-refractivity contribution in [3.63, 3.8) is 0 Å². The van der Waals surface area contributed by atoms with E-state index in [-0.39, 0.29) is 0 Å². The fraction of sp³-hybridized carbons (Fsp3) is 0.286. The van der Waals surface area contributed by atoms with Crippen LogP contribution in [0.25, 0.3) is 11.0 Å². The minimum Gasteiger partial charge on any atom is -0.493 e. The van der Waals surface area contributed by atoms with Crippen molar-refractivity contribution < 1.29 is 24.5 Å². The summed E-state index contributed by atoms with van der Waals surface area (Å²) >= 11 is 6.11. The summed E-state index contributed by atoms with van der Waals surface area (Å²) in [6.07, 6.45) is 3.98. The molecule has 1 aromatic heterocycles. The van der Waals surface area contributed by atoms with Crippen molar-refractivity contribution in [1.82, 2.24) is 9.55 Å². The highest BCUT2D eigenvalue weighted by molar-refractivity contribution is 6.31. The number of benzene rings is 2. The molecule has 0 spiro atoms. The van der Waals surface area contributed by atoms with E-state index in [0.29, 0.717) is 6.61 Å². The van der Waals surface area contributed by atoms with Crippen molar-refractivity contribution in [3.8, 4) is 5.75 Å². The number of aryl methyl sites for hydroxylation is 1. The number of carboxylic acids is 2. The van der Waals surface area contributed by atoms with Gasteiger partial charge in [-0.2, -0.15) is 0 Å². The molecule has 0 fully saturated rings. The summed E-state index contributed by atoms with van der Waals surface area (Å²) in [5.41, 5.74) is 4.46. The van der Waals surface area contributed by atoms with Crippen LogP contribution in [0.5, 0.6) is 5.75 Å². The van der Waals surface area contributed by atoms with E-state index in [0.717, 1.165) is 46.8 Å². The maximum absolute atomic E-state index is 9.10. The zero-order valence-corrected chi connectivity index (χ0v) is 17.0. The van der Waals surface area contributed by atoms with Crippen molar-refractivity contribution in [2.45, 2.75) is 33.2 Å². The number of carboxylic acid groups (broad SMARTS) is 2. The molecule has 0 saturated carbocycles. The number of ether oxygens (including phenoxy) is 1. The average molecular weight is 419 g/mol. The number of fused-ring (bicyclic) bond motifs is 1. The number of rotatable bonds is 6. The summed E-state index contributed by atoms with van der Waals surface area (Å²) in [5.74, 6) is -2.72. The molecule has 3 aromatic rings. The van der Waals surface area contributed by atoms with Gasteiger partial charge < -0.3 is 19.5 Å². The molecule has 0 bridgehead atoms. The lowest BCUT2D eigenvalue weighted by atomic mass is 10.1. The van der Waals surface area contributed by atoms with Crippen LogP contribution in [-0.4, -0.2) is 38.3 Å². The molecule has 0 radical (unpaired) electrons. The SMILES string of the molecule is Cc1c(Cl)ccc(OCCCCn2cnc3ccccc32)c1C.O=C(O)C(=O)O. The largest absolute Gasteiger partial charge is 0.493 e. The van der Waals surface area contributed by atoms with E-state index in [1.807, 2.05) is 44.4 Å². The molecule has 2 aromatic carbocycles. The second-order valence-corrected chi connectivity index (χ2v) is 6.80. The van der Waals surface area contributed by atoms with Crippen LogP contribution in [0.1, 0.15) is 24.0 Å². The Morgan fingerprint density at radius 3 is 2.41 bits per heavy atom. The van der Waals surface area contributed by atoms with Gasteiger partial charge in [-0.1, -0.05) is 23.7 Å². The fourth-order valence-electron chi connectivity index (χ4n) is 2.67. The number of halogens is 1. The Balaban J connectivity index is 0.000000438. The lowest BCUT2D eigenvalue weighted by Crippen LogP contribution is -2.09. The van der Waals surface area contributed by atoms with Crippen LogP contribution in [0.15, 0.2) is 42.7 Å². The highest BCUT2D eigenvalue weighted by Crippen LogP contribution is 2.27. The molecule has 2 N–H and O–H groups in total. The first kappa shape index (κ1) is 22.2. The van der Waals surface area contributed by atoms with Crippen molar-refractivity contribution in [3.05, 3.63) is 58.9 Å². The molecule has 0 unspecified atom stereocenters. The summed E-state index contributed by atoms with van der Waals surface area (Å²) in [5, 5.41) is 15.6. The van der Waals surface area contributed by atoms with Crippen molar-refractivity contribution >= 4 is 34.6 Å². The standard InChI is InChI=1S/C19H21ClN2O.C2H2O4/c1-14-15(2)19(10-9-16(14)20)23-12-6-5-11-22-13-21-17-7-3-4-8-18(17)22;3-1(4)2(5)6/h3-4,7-10,13H,5-6,11-12H2,1-2H3;(H,3,4)(H,5,6). The molecule has 1 heterocycles. The average Bonchev–Trinajstić information content (AvgIpc) is 3.11. The van der Waals surface area contributed by atoms with Gasteiger partial charge in [-0.3, -0.25) is 0 Å². The topological polar surface area (TPSA) is 102 Å². The normalized spacial score (nSPS) is 10.3. The van der Waals surface area contributed by atoms with Crippen LogP contribution in [0.2, 0.25) is 5.02 Å². The highest BCUT2D eigenvalue weighted by Gasteiger charge is 2.06. The first-order valence-corrected chi connectivity index (χ1v) is 9.43.